The molecule has 0 unspecified atom stereocenters. The van der Waals surface area contributed by atoms with E-state index in [0.717, 1.165) is 11.1 Å². The first-order valence-electron chi connectivity index (χ1n) is 8.47. The minimum Gasteiger partial charge on any atom is -0.497 e. The second-order valence-electron chi connectivity index (χ2n) is 6.01. The smallest absolute Gasteiger partial charge is 0.226 e. The van der Waals surface area contributed by atoms with Gasteiger partial charge in [-0.1, -0.05) is 35.0 Å². The monoisotopic (exact) mass is 351 g/mol. The van der Waals surface area contributed by atoms with Crippen molar-refractivity contribution in [1.29, 1.82) is 0 Å². The average molecular weight is 351 g/mol. The highest BCUT2D eigenvalue weighted by Gasteiger charge is 2.10. The number of methoxy groups -OCH3 is 1. The summed E-state index contributed by atoms with van der Waals surface area (Å²) in [4.78, 5) is 16.4. The molecule has 1 N–H and O–H groups in total. The standard InChI is InChI=1S/C20H21N3O3/c1-14-6-3-7-15(12-14)20-22-19(26-23-20)11-5-10-18(24)21-16-8-4-9-17(13-16)25-2/h3-4,6-9,12-13H,5,10-11H2,1-2H3,(H,21,24). The first-order chi connectivity index (χ1) is 12.6. The number of ether oxygens (including phenoxy) is 1. The molecule has 134 valence electrons. The van der Waals surface area contributed by atoms with Crippen molar-refractivity contribution < 1.29 is 14.1 Å². The van der Waals surface area contributed by atoms with Gasteiger partial charge in [0.05, 0.1) is 7.11 Å². The Balaban J connectivity index is 1.49. The summed E-state index contributed by atoms with van der Waals surface area (Å²) in [5.74, 6) is 1.76. The number of aryl methyl sites for hydroxylation is 2. The Labute approximate surface area is 152 Å². The number of anilines is 1. The molecule has 0 saturated carbocycles. The molecule has 0 atom stereocenters. The first-order valence-corrected chi connectivity index (χ1v) is 8.47. The summed E-state index contributed by atoms with van der Waals surface area (Å²) in [5, 5.41) is 6.87. The van der Waals surface area contributed by atoms with Crippen LogP contribution in [0, 0.1) is 6.92 Å². The van der Waals surface area contributed by atoms with Crippen LogP contribution >= 0.6 is 0 Å². The normalized spacial score (nSPS) is 10.5. The third kappa shape index (κ3) is 4.69. The summed E-state index contributed by atoms with van der Waals surface area (Å²) in [6, 6.07) is 15.2. The molecule has 0 aliphatic heterocycles. The fraction of sp³-hybridized carbons (Fsp3) is 0.250. The van der Waals surface area contributed by atoms with E-state index in [2.05, 4.69) is 15.5 Å². The van der Waals surface area contributed by atoms with Crippen molar-refractivity contribution in [1.82, 2.24) is 10.1 Å². The Hall–Kier alpha value is -3.15. The van der Waals surface area contributed by atoms with Crippen molar-refractivity contribution in [3.8, 4) is 17.1 Å². The summed E-state index contributed by atoms with van der Waals surface area (Å²) < 4.78 is 10.4. The second-order valence-corrected chi connectivity index (χ2v) is 6.01. The van der Waals surface area contributed by atoms with Gasteiger partial charge in [0, 0.05) is 30.2 Å². The molecule has 0 radical (unpaired) electrons. The molecule has 3 rings (SSSR count). The van der Waals surface area contributed by atoms with Gasteiger partial charge in [-0.05, 0) is 31.5 Å². The molecule has 0 saturated heterocycles. The topological polar surface area (TPSA) is 77.2 Å². The lowest BCUT2D eigenvalue weighted by molar-refractivity contribution is -0.116. The van der Waals surface area contributed by atoms with Crippen molar-refractivity contribution in [3.63, 3.8) is 0 Å². The maximum absolute atomic E-state index is 12.0. The molecule has 1 heterocycles. The van der Waals surface area contributed by atoms with Gasteiger partial charge in [-0.2, -0.15) is 4.98 Å². The van der Waals surface area contributed by atoms with Gasteiger partial charge in [0.25, 0.3) is 0 Å². The molecule has 26 heavy (non-hydrogen) atoms. The lowest BCUT2D eigenvalue weighted by atomic mass is 10.1. The molecule has 1 amide bonds. The fourth-order valence-corrected chi connectivity index (χ4v) is 2.58. The van der Waals surface area contributed by atoms with Gasteiger partial charge >= 0.3 is 0 Å². The summed E-state index contributed by atoms with van der Waals surface area (Å²) in [6.45, 7) is 2.02. The molecule has 6 heteroatoms. The lowest BCUT2D eigenvalue weighted by Crippen LogP contribution is -2.11. The summed E-state index contributed by atoms with van der Waals surface area (Å²) in [5.41, 5.74) is 2.78. The fourth-order valence-electron chi connectivity index (χ4n) is 2.58. The van der Waals surface area contributed by atoms with Crippen LogP contribution in [0.25, 0.3) is 11.4 Å². The molecule has 0 aliphatic carbocycles. The quantitative estimate of drug-likeness (QED) is 0.696. The number of aromatic nitrogens is 2. The summed E-state index contributed by atoms with van der Waals surface area (Å²) in [6.07, 6.45) is 1.56. The summed E-state index contributed by atoms with van der Waals surface area (Å²) >= 11 is 0. The number of carbonyl (C=O) groups is 1. The highest BCUT2D eigenvalue weighted by Crippen LogP contribution is 2.19. The second kappa shape index (κ2) is 8.29. The minimum atomic E-state index is -0.0586. The van der Waals surface area contributed by atoms with E-state index in [-0.39, 0.29) is 5.91 Å². The van der Waals surface area contributed by atoms with E-state index < -0.39 is 0 Å². The van der Waals surface area contributed by atoms with Crippen LogP contribution in [0.1, 0.15) is 24.3 Å². The van der Waals surface area contributed by atoms with E-state index in [9.17, 15) is 4.79 Å². The van der Waals surface area contributed by atoms with Gasteiger partial charge in [-0.25, -0.2) is 0 Å². The first kappa shape index (κ1) is 17.7. The third-order valence-corrected chi connectivity index (χ3v) is 3.89. The molecule has 0 bridgehead atoms. The van der Waals surface area contributed by atoms with Crippen LogP contribution in [0.5, 0.6) is 5.75 Å². The minimum absolute atomic E-state index is 0.0586. The van der Waals surface area contributed by atoms with Crippen LogP contribution in [-0.2, 0) is 11.2 Å². The van der Waals surface area contributed by atoms with E-state index in [1.165, 1.54) is 0 Å². The number of hydrogen-bond donors (Lipinski definition) is 1. The van der Waals surface area contributed by atoms with E-state index in [1.807, 2.05) is 49.4 Å². The molecular weight excluding hydrogens is 330 g/mol. The van der Waals surface area contributed by atoms with E-state index in [0.29, 0.717) is 42.4 Å². The van der Waals surface area contributed by atoms with Gasteiger partial charge in [0.15, 0.2) is 0 Å². The van der Waals surface area contributed by atoms with Crippen molar-refractivity contribution in [2.75, 3.05) is 12.4 Å². The molecule has 0 aliphatic rings. The van der Waals surface area contributed by atoms with Gasteiger partial charge in [0.2, 0.25) is 17.6 Å². The molecule has 6 nitrogen and oxygen atoms in total. The number of carbonyl (C=O) groups excluding carboxylic acids is 1. The maximum atomic E-state index is 12.0. The Morgan fingerprint density at radius 1 is 1.19 bits per heavy atom. The molecule has 0 fully saturated rings. The molecule has 3 aromatic rings. The SMILES string of the molecule is COc1cccc(NC(=O)CCCc2nc(-c3cccc(C)c3)no2)c1. The highest BCUT2D eigenvalue weighted by molar-refractivity contribution is 5.90. The van der Waals surface area contributed by atoms with Crippen LogP contribution < -0.4 is 10.1 Å². The van der Waals surface area contributed by atoms with Crippen molar-refractivity contribution in [2.24, 2.45) is 0 Å². The molecule has 0 spiro atoms. The predicted molar refractivity (Wildman–Crippen MR) is 99.0 cm³/mol. The Bertz CT molecular complexity index is 889. The van der Waals surface area contributed by atoms with Crippen molar-refractivity contribution in [2.45, 2.75) is 26.2 Å². The summed E-state index contributed by atoms with van der Waals surface area (Å²) in [7, 11) is 1.59. The Morgan fingerprint density at radius 2 is 2.04 bits per heavy atom. The van der Waals surface area contributed by atoms with Gasteiger partial charge in [-0.15, -0.1) is 0 Å². The number of nitrogens with one attached hydrogen (secondary N) is 1. The number of amides is 1. The zero-order chi connectivity index (χ0) is 18.4. The predicted octanol–water partition coefficient (Wildman–Crippen LogP) is 4.02. The molecular formula is C20H21N3O3. The molecule has 2 aromatic carbocycles. The van der Waals surface area contributed by atoms with E-state index in [4.69, 9.17) is 9.26 Å². The van der Waals surface area contributed by atoms with Crippen LogP contribution in [0.4, 0.5) is 5.69 Å². The zero-order valence-corrected chi connectivity index (χ0v) is 14.9. The number of rotatable bonds is 7. The van der Waals surface area contributed by atoms with Crippen LogP contribution in [0.15, 0.2) is 53.1 Å². The number of nitrogens with zero attached hydrogens (tertiary/aromatic N) is 2. The van der Waals surface area contributed by atoms with Gasteiger partial charge in [0.1, 0.15) is 5.75 Å². The largest absolute Gasteiger partial charge is 0.497 e. The van der Waals surface area contributed by atoms with Crippen molar-refractivity contribution in [3.05, 3.63) is 60.0 Å². The van der Waals surface area contributed by atoms with Crippen LogP contribution in [0.2, 0.25) is 0 Å². The van der Waals surface area contributed by atoms with Crippen LogP contribution in [-0.4, -0.2) is 23.2 Å². The lowest BCUT2D eigenvalue weighted by Gasteiger charge is -2.06. The van der Waals surface area contributed by atoms with Gasteiger partial charge < -0.3 is 14.6 Å². The number of benzene rings is 2. The highest BCUT2D eigenvalue weighted by atomic mass is 16.5. The van der Waals surface area contributed by atoms with Crippen molar-refractivity contribution >= 4 is 11.6 Å². The third-order valence-electron chi connectivity index (χ3n) is 3.89. The Morgan fingerprint density at radius 3 is 2.85 bits per heavy atom. The average Bonchev–Trinajstić information content (AvgIpc) is 3.11. The maximum Gasteiger partial charge on any atom is 0.226 e. The van der Waals surface area contributed by atoms with Crippen LogP contribution in [0.3, 0.4) is 0 Å². The Kier molecular flexibility index (Phi) is 5.63. The number of hydrogen-bond acceptors (Lipinski definition) is 5. The molecule has 1 aromatic heterocycles. The van der Waals surface area contributed by atoms with E-state index >= 15 is 0 Å². The van der Waals surface area contributed by atoms with E-state index in [1.54, 1.807) is 13.2 Å². The zero-order valence-electron chi connectivity index (χ0n) is 14.9. The van der Waals surface area contributed by atoms with Gasteiger partial charge in [-0.3, -0.25) is 4.79 Å².